The molecule has 0 unspecified atom stereocenters. The maximum Gasteiger partial charge on any atom is 0.250 e. The number of carbonyl (C=O) groups excluding carboxylic acids is 1. The van der Waals surface area contributed by atoms with Crippen LogP contribution in [0.1, 0.15) is 19.8 Å². The summed E-state index contributed by atoms with van der Waals surface area (Å²) in [5.41, 5.74) is 5.88. The van der Waals surface area contributed by atoms with Gasteiger partial charge in [-0.3, -0.25) is 4.79 Å². The number of hydrogen-bond donors (Lipinski definition) is 3. The Hall–Kier alpha value is -1.12. The molecule has 0 atom stereocenters. The maximum atomic E-state index is 11.8. The molecule has 0 aromatic carbocycles. The van der Waals surface area contributed by atoms with Crippen molar-refractivity contribution in [1.29, 1.82) is 0 Å². The number of nitrogens with two attached hydrogens (primary N) is 1. The molecule has 6 nitrogen and oxygen atoms in total. The average Bonchev–Trinajstić information content (AvgIpc) is 2.73. The van der Waals surface area contributed by atoms with Crippen LogP contribution in [0, 0.1) is 0 Å². The van der Waals surface area contributed by atoms with Crippen molar-refractivity contribution in [1.82, 2.24) is 10.0 Å². The minimum absolute atomic E-state index is 0.0791. The van der Waals surface area contributed by atoms with Gasteiger partial charge in [-0.05, 0) is 12.5 Å². The summed E-state index contributed by atoms with van der Waals surface area (Å²) in [6.45, 7) is 2.63. The number of rotatable bonds is 7. The Balaban J connectivity index is 2.41. The summed E-state index contributed by atoms with van der Waals surface area (Å²) in [4.78, 5) is 11.3. The SMILES string of the molecule is CCCNC(=O)CCNS(=O)(=O)c1cc(N)cs1. The molecular weight excluding hydrogens is 274 g/mol. The van der Waals surface area contributed by atoms with Gasteiger partial charge in [-0.15, -0.1) is 11.3 Å². The Morgan fingerprint density at radius 3 is 2.72 bits per heavy atom. The van der Waals surface area contributed by atoms with Crippen LogP contribution in [0.2, 0.25) is 0 Å². The van der Waals surface area contributed by atoms with Crippen molar-refractivity contribution in [3.05, 3.63) is 11.4 Å². The van der Waals surface area contributed by atoms with Crippen LogP contribution in [0.25, 0.3) is 0 Å². The number of anilines is 1. The van der Waals surface area contributed by atoms with Crippen LogP contribution < -0.4 is 15.8 Å². The van der Waals surface area contributed by atoms with E-state index in [1.54, 1.807) is 5.38 Å². The van der Waals surface area contributed by atoms with Crippen LogP contribution >= 0.6 is 11.3 Å². The lowest BCUT2D eigenvalue weighted by Crippen LogP contribution is -2.30. The van der Waals surface area contributed by atoms with Gasteiger partial charge in [0.2, 0.25) is 15.9 Å². The largest absolute Gasteiger partial charge is 0.398 e. The van der Waals surface area contributed by atoms with Gasteiger partial charge in [0.25, 0.3) is 0 Å². The summed E-state index contributed by atoms with van der Waals surface area (Å²) in [6.07, 6.45) is 0.978. The molecule has 1 rings (SSSR count). The monoisotopic (exact) mass is 291 g/mol. The normalized spacial score (nSPS) is 11.4. The molecule has 1 heterocycles. The fraction of sp³-hybridized carbons (Fsp3) is 0.500. The van der Waals surface area contributed by atoms with Crippen LogP contribution in [0.4, 0.5) is 5.69 Å². The quantitative estimate of drug-likeness (QED) is 0.682. The van der Waals surface area contributed by atoms with Gasteiger partial charge in [-0.2, -0.15) is 0 Å². The van der Waals surface area contributed by atoms with E-state index in [0.717, 1.165) is 17.8 Å². The second-order valence-corrected chi connectivity index (χ2v) is 6.60. The molecule has 1 aromatic rings. The van der Waals surface area contributed by atoms with Crippen LogP contribution in [0.3, 0.4) is 0 Å². The zero-order valence-electron chi connectivity index (χ0n) is 10.1. The first-order chi connectivity index (χ1) is 8.45. The second-order valence-electron chi connectivity index (χ2n) is 3.70. The topological polar surface area (TPSA) is 101 Å². The summed E-state index contributed by atoms with van der Waals surface area (Å²) in [7, 11) is -3.55. The zero-order valence-corrected chi connectivity index (χ0v) is 11.7. The van der Waals surface area contributed by atoms with Crippen molar-refractivity contribution in [2.24, 2.45) is 0 Å². The van der Waals surface area contributed by atoms with Gasteiger partial charge < -0.3 is 11.1 Å². The van der Waals surface area contributed by atoms with Crippen LogP contribution in [0.5, 0.6) is 0 Å². The molecular formula is C10H17N3O3S2. The van der Waals surface area contributed by atoms with E-state index in [4.69, 9.17) is 5.73 Å². The number of hydrogen-bond acceptors (Lipinski definition) is 5. The van der Waals surface area contributed by atoms with E-state index < -0.39 is 10.0 Å². The van der Waals surface area contributed by atoms with Gasteiger partial charge >= 0.3 is 0 Å². The van der Waals surface area contributed by atoms with E-state index in [2.05, 4.69) is 10.0 Å². The molecule has 1 amide bonds. The third-order valence-electron chi connectivity index (χ3n) is 2.08. The number of amides is 1. The lowest BCUT2D eigenvalue weighted by Gasteiger charge is -2.05. The molecule has 8 heteroatoms. The predicted octanol–water partition coefficient (Wildman–Crippen LogP) is 0.525. The minimum Gasteiger partial charge on any atom is -0.398 e. The van der Waals surface area contributed by atoms with Crippen molar-refractivity contribution in [3.8, 4) is 0 Å². The lowest BCUT2D eigenvalue weighted by atomic mass is 10.4. The molecule has 0 spiro atoms. The fourth-order valence-corrected chi connectivity index (χ4v) is 3.35. The van der Waals surface area contributed by atoms with Crippen molar-refractivity contribution in [2.75, 3.05) is 18.8 Å². The third-order valence-corrected chi connectivity index (χ3v) is 5.00. The van der Waals surface area contributed by atoms with E-state index in [1.807, 2.05) is 6.92 Å². The van der Waals surface area contributed by atoms with Crippen molar-refractivity contribution in [2.45, 2.75) is 24.0 Å². The van der Waals surface area contributed by atoms with Gasteiger partial charge in [-0.25, -0.2) is 13.1 Å². The molecule has 0 fully saturated rings. The molecule has 4 N–H and O–H groups in total. The fourth-order valence-electron chi connectivity index (χ4n) is 1.19. The highest BCUT2D eigenvalue weighted by Gasteiger charge is 2.16. The molecule has 0 aliphatic rings. The average molecular weight is 291 g/mol. The second kappa shape index (κ2) is 6.72. The molecule has 1 aromatic heterocycles. The Kier molecular flexibility index (Phi) is 5.57. The zero-order chi connectivity index (χ0) is 13.6. The van der Waals surface area contributed by atoms with Crippen molar-refractivity contribution in [3.63, 3.8) is 0 Å². The number of nitrogen functional groups attached to an aromatic ring is 1. The third kappa shape index (κ3) is 4.63. The lowest BCUT2D eigenvalue weighted by molar-refractivity contribution is -0.120. The highest BCUT2D eigenvalue weighted by molar-refractivity contribution is 7.91. The van der Waals surface area contributed by atoms with E-state index in [0.29, 0.717) is 12.2 Å². The molecule has 0 aliphatic heterocycles. The molecule has 0 saturated carbocycles. The summed E-state index contributed by atoms with van der Waals surface area (Å²) in [5.74, 6) is -0.162. The molecule has 0 radical (unpaired) electrons. The smallest absolute Gasteiger partial charge is 0.250 e. The summed E-state index contributed by atoms with van der Waals surface area (Å²) in [5, 5.41) is 4.23. The first-order valence-corrected chi connectivity index (χ1v) is 7.92. The van der Waals surface area contributed by atoms with E-state index in [-0.39, 0.29) is 23.1 Å². The number of sulfonamides is 1. The maximum absolute atomic E-state index is 11.8. The van der Waals surface area contributed by atoms with Crippen molar-refractivity contribution >= 4 is 33.0 Å². The Bertz CT molecular complexity index is 496. The summed E-state index contributed by atoms with van der Waals surface area (Å²) < 4.78 is 26.0. The Labute approximate surface area is 111 Å². The van der Waals surface area contributed by atoms with Gasteiger partial charge in [0.15, 0.2) is 0 Å². The highest BCUT2D eigenvalue weighted by atomic mass is 32.2. The summed E-state index contributed by atoms with van der Waals surface area (Å²) >= 11 is 1.05. The molecule has 0 aliphatic carbocycles. The van der Waals surface area contributed by atoms with Gasteiger partial charge in [0, 0.05) is 30.6 Å². The van der Waals surface area contributed by atoms with Gasteiger partial charge in [0.1, 0.15) is 4.21 Å². The standard InChI is InChI=1S/C10H17N3O3S2/c1-2-4-12-9(14)3-5-13-18(15,16)10-6-8(11)7-17-10/h6-7,13H,2-5,11H2,1H3,(H,12,14). The number of thiophene rings is 1. The first kappa shape index (κ1) is 14.9. The van der Waals surface area contributed by atoms with Crippen molar-refractivity contribution < 1.29 is 13.2 Å². The molecule has 0 saturated heterocycles. The molecule has 102 valence electrons. The Morgan fingerprint density at radius 2 is 2.17 bits per heavy atom. The molecule has 0 bridgehead atoms. The number of carbonyl (C=O) groups is 1. The number of nitrogens with one attached hydrogen (secondary N) is 2. The van der Waals surface area contributed by atoms with E-state index in [1.165, 1.54) is 6.07 Å². The van der Waals surface area contributed by atoms with Crippen LogP contribution in [-0.4, -0.2) is 27.4 Å². The predicted molar refractivity (Wildman–Crippen MR) is 71.8 cm³/mol. The first-order valence-electron chi connectivity index (χ1n) is 5.56. The van der Waals surface area contributed by atoms with E-state index in [9.17, 15) is 13.2 Å². The summed E-state index contributed by atoms with van der Waals surface area (Å²) in [6, 6.07) is 1.39. The Morgan fingerprint density at radius 1 is 1.44 bits per heavy atom. The van der Waals surface area contributed by atoms with Gasteiger partial charge in [-0.1, -0.05) is 6.92 Å². The van der Waals surface area contributed by atoms with Gasteiger partial charge in [0.05, 0.1) is 0 Å². The van der Waals surface area contributed by atoms with Crippen LogP contribution in [-0.2, 0) is 14.8 Å². The van der Waals surface area contributed by atoms with E-state index >= 15 is 0 Å². The molecule has 18 heavy (non-hydrogen) atoms. The highest BCUT2D eigenvalue weighted by Crippen LogP contribution is 2.21. The van der Waals surface area contributed by atoms with Crippen LogP contribution in [0.15, 0.2) is 15.7 Å². The minimum atomic E-state index is -3.55.